The second kappa shape index (κ2) is 8.06. The van der Waals surface area contributed by atoms with Gasteiger partial charge < -0.3 is 4.90 Å². The molecule has 1 heterocycles. The van der Waals surface area contributed by atoms with Crippen molar-refractivity contribution in [1.82, 2.24) is 4.90 Å². The molecule has 1 heteroatoms. The highest BCUT2D eigenvalue weighted by Crippen LogP contribution is 2.02. The lowest BCUT2D eigenvalue weighted by atomic mass is 10.3. The van der Waals surface area contributed by atoms with Crippen molar-refractivity contribution in [3.05, 3.63) is 0 Å². The minimum atomic E-state index is 1.32. The third kappa shape index (κ3) is 7.86. The predicted octanol–water partition coefficient (Wildman–Crippen LogP) is 2.91. The smallest absolute Gasteiger partial charge is 0.00213 e. The molecular formula is C10H23N. The molecule has 0 aliphatic carbocycles. The predicted molar refractivity (Wildman–Crippen MR) is 51.9 cm³/mol. The maximum atomic E-state index is 2.36. The fourth-order valence-electron chi connectivity index (χ4n) is 1.23. The summed E-state index contributed by atoms with van der Waals surface area (Å²) in [7, 11) is 2.17. The molecule has 0 N–H and O–H groups in total. The molecule has 1 rings (SSSR count). The molecule has 11 heavy (non-hydrogen) atoms. The highest BCUT2D eigenvalue weighted by molar-refractivity contribution is 4.59. The first kappa shape index (κ1) is 11.0. The van der Waals surface area contributed by atoms with Gasteiger partial charge in [-0.05, 0) is 33.0 Å². The van der Waals surface area contributed by atoms with E-state index in [-0.39, 0.29) is 0 Å². The first-order valence-corrected chi connectivity index (χ1v) is 4.99. The molecule has 0 saturated carbocycles. The van der Waals surface area contributed by atoms with E-state index in [4.69, 9.17) is 0 Å². The van der Waals surface area contributed by atoms with Crippen LogP contribution in [0.1, 0.15) is 46.0 Å². The second-order valence-corrected chi connectivity index (χ2v) is 3.36. The summed E-state index contributed by atoms with van der Waals surface area (Å²) >= 11 is 0. The Morgan fingerprint density at radius 2 is 1.45 bits per heavy atom. The summed E-state index contributed by atoms with van der Waals surface area (Å²) in [5.41, 5.74) is 0. The highest BCUT2D eigenvalue weighted by atomic mass is 15.1. The normalized spacial score (nSPS) is 17.7. The Bertz CT molecular complexity index is 63.3. The van der Waals surface area contributed by atoms with E-state index in [0.717, 1.165) is 0 Å². The quantitative estimate of drug-likeness (QED) is 0.595. The molecule has 1 fully saturated rings. The molecule has 0 spiro atoms. The van der Waals surface area contributed by atoms with Crippen molar-refractivity contribution in [2.75, 3.05) is 20.1 Å². The molecule has 0 bridgehead atoms. The van der Waals surface area contributed by atoms with Crippen LogP contribution < -0.4 is 0 Å². The van der Waals surface area contributed by atoms with Crippen molar-refractivity contribution in [3.8, 4) is 0 Å². The van der Waals surface area contributed by atoms with Crippen LogP contribution in [0.2, 0.25) is 0 Å². The molecule has 0 atom stereocenters. The maximum absolute atomic E-state index is 2.36. The first-order valence-electron chi connectivity index (χ1n) is 4.99. The van der Waals surface area contributed by atoms with E-state index >= 15 is 0 Å². The van der Waals surface area contributed by atoms with Gasteiger partial charge >= 0.3 is 0 Å². The van der Waals surface area contributed by atoms with E-state index in [1.165, 1.54) is 45.2 Å². The third-order valence-corrected chi connectivity index (χ3v) is 2.04. The van der Waals surface area contributed by atoms with Gasteiger partial charge in [-0.25, -0.2) is 0 Å². The Balaban J connectivity index is 0.000000187. The first-order chi connectivity index (χ1) is 5.31. The monoisotopic (exact) mass is 157 g/mol. The molecule has 0 unspecified atom stereocenters. The molecule has 0 aromatic rings. The zero-order valence-corrected chi connectivity index (χ0v) is 8.40. The van der Waals surface area contributed by atoms with Crippen molar-refractivity contribution < 1.29 is 0 Å². The van der Waals surface area contributed by atoms with Crippen molar-refractivity contribution in [3.63, 3.8) is 0 Å². The molecule has 0 radical (unpaired) electrons. The van der Waals surface area contributed by atoms with Crippen molar-refractivity contribution >= 4 is 0 Å². The summed E-state index contributed by atoms with van der Waals surface area (Å²) < 4.78 is 0. The lowest BCUT2D eigenvalue weighted by Crippen LogP contribution is -2.10. The van der Waals surface area contributed by atoms with Crippen molar-refractivity contribution in [2.45, 2.75) is 46.0 Å². The lowest BCUT2D eigenvalue weighted by molar-refractivity contribution is 0.418. The van der Waals surface area contributed by atoms with E-state index < -0.39 is 0 Å². The van der Waals surface area contributed by atoms with Crippen LogP contribution in [0.5, 0.6) is 0 Å². The zero-order valence-electron chi connectivity index (χ0n) is 8.40. The largest absolute Gasteiger partial charge is 0.306 e. The zero-order chi connectivity index (χ0) is 8.53. The summed E-state index contributed by atoms with van der Waals surface area (Å²) in [6.45, 7) is 7.06. The van der Waals surface area contributed by atoms with Gasteiger partial charge in [-0.15, -0.1) is 0 Å². The molecule has 0 aromatic heterocycles. The van der Waals surface area contributed by atoms with Gasteiger partial charge in [-0.2, -0.15) is 0 Å². The number of unbranched alkanes of at least 4 members (excludes halogenated alkanes) is 2. The van der Waals surface area contributed by atoms with Crippen LogP contribution >= 0.6 is 0 Å². The van der Waals surface area contributed by atoms with E-state index in [2.05, 4.69) is 25.8 Å². The van der Waals surface area contributed by atoms with Gasteiger partial charge in [0.15, 0.2) is 0 Å². The van der Waals surface area contributed by atoms with E-state index in [1.54, 1.807) is 0 Å². The summed E-state index contributed by atoms with van der Waals surface area (Å²) in [5.74, 6) is 0. The van der Waals surface area contributed by atoms with Crippen molar-refractivity contribution in [1.29, 1.82) is 0 Å². The number of likely N-dealkylation sites (tertiary alicyclic amines) is 1. The van der Waals surface area contributed by atoms with Crippen LogP contribution in [0.3, 0.4) is 0 Å². The van der Waals surface area contributed by atoms with Crippen LogP contribution in [0.25, 0.3) is 0 Å². The van der Waals surface area contributed by atoms with Crippen LogP contribution in [0.15, 0.2) is 0 Å². The molecule has 0 aromatic carbocycles. The number of hydrogen-bond acceptors (Lipinski definition) is 1. The Labute approximate surface area is 71.8 Å². The van der Waals surface area contributed by atoms with Crippen LogP contribution in [-0.2, 0) is 0 Å². The van der Waals surface area contributed by atoms with Crippen LogP contribution in [-0.4, -0.2) is 25.0 Å². The number of nitrogens with zero attached hydrogens (tertiary/aromatic N) is 1. The summed E-state index contributed by atoms with van der Waals surface area (Å²) in [6, 6.07) is 0. The Morgan fingerprint density at radius 1 is 1.00 bits per heavy atom. The van der Waals surface area contributed by atoms with Gasteiger partial charge in [-0.3, -0.25) is 0 Å². The third-order valence-electron chi connectivity index (χ3n) is 2.04. The maximum Gasteiger partial charge on any atom is -0.00213 e. The summed E-state index contributed by atoms with van der Waals surface area (Å²) in [6.07, 6.45) is 6.90. The number of rotatable bonds is 2. The van der Waals surface area contributed by atoms with Gasteiger partial charge in [0.05, 0.1) is 0 Å². The fraction of sp³-hybridized carbons (Fsp3) is 1.00. The van der Waals surface area contributed by atoms with Gasteiger partial charge in [-0.1, -0.05) is 33.1 Å². The average Bonchev–Trinajstić information content (AvgIpc) is 2.43. The SMILES string of the molecule is CCCCC.CN1CCCC1. The fourth-order valence-corrected chi connectivity index (χ4v) is 1.23. The minimum Gasteiger partial charge on any atom is -0.306 e. The van der Waals surface area contributed by atoms with E-state index in [0.29, 0.717) is 0 Å². The average molecular weight is 157 g/mol. The highest BCUT2D eigenvalue weighted by Gasteiger charge is 2.03. The van der Waals surface area contributed by atoms with Crippen molar-refractivity contribution in [2.24, 2.45) is 0 Å². The molecule has 1 aliphatic heterocycles. The van der Waals surface area contributed by atoms with Gasteiger partial charge in [0, 0.05) is 0 Å². The van der Waals surface area contributed by atoms with Gasteiger partial charge in [0.2, 0.25) is 0 Å². The minimum absolute atomic E-state index is 1.32. The van der Waals surface area contributed by atoms with Crippen LogP contribution in [0.4, 0.5) is 0 Å². The topological polar surface area (TPSA) is 3.24 Å². The molecule has 1 aliphatic rings. The van der Waals surface area contributed by atoms with Gasteiger partial charge in [0.1, 0.15) is 0 Å². The van der Waals surface area contributed by atoms with E-state index in [9.17, 15) is 0 Å². The Kier molecular flexibility index (Phi) is 8.03. The molecule has 1 nitrogen and oxygen atoms in total. The summed E-state index contributed by atoms with van der Waals surface area (Å²) in [4.78, 5) is 2.36. The Morgan fingerprint density at radius 3 is 1.55 bits per heavy atom. The molecule has 1 saturated heterocycles. The second-order valence-electron chi connectivity index (χ2n) is 3.36. The molecular weight excluding hydrogens is 134 g/mol. The molecule has 0 amide bonds. The van der Waals surface area contributed by atoms with Crippen LogP contribution in [0, 0.1) is 0 Å². The van der Waals surface area contributed by atoms with Gasteiger partial charge in [0.25, 0.3) is 0 Å². The van der Waals surface area contributed by atoms with E-state index in [1.807, 2.05) is 0 Å². The molecule has 68 valence electrons. The Hall–Kier alpha value is -0.0400. The number of hydrogen-bond donors (Lipinski definition) is 0. The summed E-state index contributed by atoms with van der Waals surface area (Å²) in [5, 5.41) is 0. The standard InChI is InChI=1S/C5H11N.C5H12/c1-6-4-2-3-5-6;1-3-5-4-2/h2-5H2,1H3;3-5H2,1-2H3. The lowest BCUT2D eigenvalue weighted by Gasteiger charge is -2.01.